The van der Waals surface area contributed by atoms with Gasteiger partial charge in [0.15, 0.2) is 0 Å². The first-order chi connectivity index (χ1) is 13.3. The van der Waals surface area contributed by atoms with Gasteiger partial charge >= 0.3 is 0 Å². The van der Waals surface area contributed by atoms with Crippen LogP contribution in [0.4, 0.5) is 4.39 Å². The van der Waals surface area contributed by atoms with Crippen molar-refractivity contribution in [3.8, 4) is 0 Å². The van der Waals surface area contributed by atoms with Gasteiger partial charge in [-0.1, -0.05) is 49.4 Å². The Kier molecular flexibility index (Phi) is 7.73. The lowest BCUT2D eigenvalue weighted by molar-refractivity contribution is -0.141. The minimum Gasteiger partial charge on any atom is -0.352 e. The number of aryl methyl sites for hydroxylation is 1. The largest absolute Gasteiger partial charge is 0.352 e. The molecular weight excluding hydrogens is 355 g/mol. The zero-order valence-electron chi connectivity index (χ0n) is 17.0. The predicted molar refractivity (Wildman–Crippen MR) is 109 cm³/mol. The molecule has 0 spiro atoms. The van der Waals surface area contributed by atoms with Gasteiger partial charge in [0.2, 0.25) is 11.8 Å². The summed E-state index contributed by atoms with van der Waals surface area (Å²) < 4.78 is 14.1. The molecule has 0 saturated heterocycles. The number of carbonyl (C=O) groups excluding carboxylic acids is 2. The van der Waals surface area contributed by atoms with Crippen molar-refractivity contribution in [3.63, 3.8) is 0 Å². The Balaban J connectivity index is 2.33. The molecule has 2 aromatic rings. The van der Waals surface area contributed by atoms with E-state index in [2.05, 4.69) is 5.32 Å². The van der Waals surface area contributed by atoms with E-state index in [-0.39, 0.29) is 24.3 Å². The molecule has 1 atom stereocenters. The summed E-state index contributed by atoms with van der Waals surface area (Å²) in [4.78, 5) is 27.5. The molecule has 4 nitrogen and oxygen atoms in total. The number of hydrogen-bond donors (Lipinski definition) is 1. The highest BCUT2D eigenvalue weighted by Gasteiger charge is 2.29. The van der Waals surface area contributed by atoms with Crippen LogP contribution in [0.5, 0.6) is 0 Å². The van der Waals surface area contributed by atoms with Crippen LogP contribution in [-0.2, 0) is 22.6 Å². The normalized spacial score (nSPS) is 11.9. The van der Waals surface area contributed by atoms with E-state index in [1.807, 2.05) is 52.0 Å². The van der Waals surface area contributed by atoms with Gasteiger partial charge in [-0.25, -0.2) is 4.39 Å². The number of rotatable bonds is 8. The van der Waals surface area contributed by atoms with Crippen molar-refractivity contribution in [1.82, 2.24) is 10.2 Å². The van der Waals surface area contributed by atoms with E-state index >= 15 is 0 Å². The van der Waals surface area contributed by atoms with Gasteiger partial charge in [0, 0.05) is 12.6 Å². The van der Waals surface area contributed by atoms with Crippen LogP contribution < -0.4 is 5.32 Å². The lowest BCUT2D eigenvalue weighted by Gasteiger charge is -2.31. The average Bonchev–Trinajstić information content (AvgIpc) is 2.64. The molecule has 2 amide bonds. The van der Waals surface area contributed by atoms with Gasteiger partial charge in [-0.05, 0) is 49.9 Å². The molecule has 0 heterocycles. The minimum absolute atomic E-state index is 0.0245. The fourth-order valence-corrected chi connectivity index (χ4v) is 3.18. The summed E-state index contributed by atoms with van der Waals surface area (Å²) in [6, 6.07) is 13.4. The van der Waals surface area contributed by atoms with Crippen LogP contribution in [0.15, 0.2) is 48.5 Å². The first kappa shape index (κ1) is 21.6. The summed E-state index contributed by atoms with van der Waals surface area (Å²) in [6.45, 7) is 7.94. The second kappa shape index (κ2) is 10.0. The maximum Gasteiger partial charge on any atom is 0.243 e. The molecule has 0 fully saturated rings. The lowest BCUT2D eigenvalue weighted by atomic mass is 10.0. The molecule has 0 aliphatic rings. The number of halogens is 1. The Morgan fingerprint density at radius 2 is 1.64 bits per heavy atom. The summed E-state index contributed by atoms with van der Waals surface area (Å²) in [5.41, 5.74) is 2.35. The molecule has 0 bridgehead atoms. The van der Waals surface area contributed by atoms with Crippen molar-refractivity contribution in [3.05, 3.63) is 71.0 Å². The quantitative estimate of drug-likeness (QED) is 0.748. The Morgan fingerprint density at radius 3 is 2.21 bits per heavy atom. The van der Waals surface area contributed by atoms with Gasteiger partial charge < -0.3 is 10.2 Å². The molecule has 28 heavy (non-hydrogen) atoms. The van der Waals surface area contributed by atoms with Crippen LogP contribution in [0.25, 0.3) is 0 Å². The molecule has 0 aromatic heterocycles. The average molecular weight is 384 g/mol. The van der Waals surface area contributed by atoms with Crippen molar-refractivity contribution >= 4 is 11.8 Å². The van der Waals surface area contributed by atoms with Crippen molar-refractivity contribution in [1.29, 1.82) is 0 Å². The number of nitrogens with zero attached hydrogens (tertiary/aromatic N) is 1. The molecule has 2 rings (SSSR count). The second-order valence-corrected chi connectivity index (χ2v) is 7.30. The Labute approximate surface area is 166 Å². The fraction of sp³-hybridized carbons (Fsp3) is 0.391. The van der Waals surface area contributed by atoms with Crippen LogP contribution in [0.3, 0.4) is 0 Å². The maximum atomic E-state index is 14.1. The second-order valence-electron chi connectivity index (χ2n) is 7.30. The fourth-order valence-electron chi connectivity index (χ4n) is 3.18. The van der Waals surface area contributed by atoms with Crippen LogP contribution in [0, 0.1) is 12.7 Å². The third-order valence-corrected chi connectivity index (χ3v) is 4.72. The van der Waals surface area contributed by atoms with Gasteiger partial charge in [0.05, 0.1) is 6.42 Å². The van der Waals surface area contributed by atoms with Crippen LogP contribution >= 0.6 is 0 Å². The molecule has 1 N–H and O–H groups in total. The van der Waals surface area contributed by atoms with E-state index in [1.165, 1.54) is 6.07 Å². The predicted octanol–water partition coefficient (Wildman–Crippen LogP) is 4.01. The van der Waals surface area contributed by atoms with E-state index in [4.69, 9.17) is 0 Å². The number of amides is 2. The van der Waals surface area contributed by atoms with E-state index in [1.54, 1.807) is 23.1 Å². The first-order valence-corrected chi connectivity index (χ1v) is 9.71. The van der Waals surface area contributed by atoms with E-state index in [9.17, 15) is 14.0 Å². The van der Waals surface area contributed by atoms with Crippen molar-refractivity contribution < 1.29 is 14.0 Å². The number of nitrogens with one attached hydrogen (secondary N) is 1. The van der Waals surface area contributed by atoms with E-state index < -0.39 is 11.9 Å². The third kappa shape index (κ3) is 5.65. The smallest absolute Gasteiger partial charge is 0.243 e. The molecule has 5 heteroatoms. The van der Waals surface area contributed by atoms with E-state index in [0.717, 1.165) is 11.1 Å². The highest BCUT2D eigenvalue weighted by atomic mass is 19.1. The first-order valence-electron chi connectivity index (χ1n) is 9.71. The Morgan fingerprint density at radius 1 is 1.04 bits per heavy atom. The minimum atomic E-state index is -0.610. The van der Waals surface area contributed by atoms with Gasteiger partial charge in [-0.15, -0.1) is 0 Å². The summed E-state index contributed by atoms with van der Waals surface area (Å²) in [5, 5.41) is 2.90. The molecule has 0 aliphatic heterocycles. The Hall–Kier alpha value is -2.69. The molecule has 0 saturated carbocycles. The monoisotopic (exact) mass is 384 g/mol. The van der Waals surface area contributed by atoms with Crippen LogP contribution in [-0.4, -0.2) is 28.8 Å². The highest BCUT2D eigenvalue weighted by Crippen LogP contribution is 2.18. The Bertz CT molecular complexity index is 820. The lowest BCUT2D eigenvalue weighted by Crippen LogP contribution is -2.50. The van der Waals surface area contributed by atoms with Crippen LogP contribution in [0.2, 0.25) is 0 Å². The number of carbonyl (C=O) groups is 2. The molecule has 1 unspecified atom stereocenters. The standard InChI is InChI=1S/C23H29FN2O2/c1-5-21(23(28)25-16(2)3)26(15-19-12-7-6-10-17(19)4)22(27)14-18-11-8-9-13-20(18)24/h6-13,16,21H,5,14-15H2,1-4H3,(H,25,28). The molecule has 150 valence electrons. The van der Waals surface area contributed by atoms with Crippen molar-refractivity contribution in [2.75, 3.05) is 0 Å². The highest BCUT2D eigenvalue weighted by molar-refractivity contribution is 5.88. The zero-order chi connectivity index (χ0) is 20.7. The van der Waals surface area contributed by atoms with Crippen molar-refractivity contribution in [2.45, 2.75) is 59.2 Å². The number of benzene rings is 2. The molecular formula is C23H29FN2O2. The summed E-state index contributed by atoms with van der Waals surface area (Å²) >= 11 is 0. The third-order valence-electron chi connectivity index (χ3n) is 4.72. The van der Waals surface area contributed by atoms with Crippen LogP contribution in [0.1, 0.15) is 43.9 Å². The van der Waals surface area contributed by atoms with Crippen molar-refractivity contribution in [2.24, 2.45) is 0 Å². The SMILES string of the molecule is CCC(C(=O)NC(C)C)N(Cc1ccccc1C)C(=O)Cc1ccccc1F. The molecule has 2 aromatic carbocycles. The van der Waals surface area contributed by atoms with Gasteiger partial charge in [-0.3, -0.25) is 9.59 Å². The summed E-state index contributed by atoms with van der Waals surface area (Å²) in [5.74, 6) is -0.863. The van der Waals surface area contributed by atoms with Gasteiger partial charge in [-0.2, -0.15) is 0 Å². The maximum absolute atomic E-state index is 14.1. The molecule has 0 aliphatic carbocycles. The number of hydrogen-bond acceptors (Lipinski definition) is 2. The summed E-state index contributed by atoms with van der Waals surface area (Å²) in [6.07, 6.45) is 0.400. The summed E-state index contributed by atoms with van der Waals surface area (Å²) in [7, 11) is 0. The molecule has 0 radical (unpaired) electrons. The van der Waals surface area contributed by atoms with E-state index in [0.29, 0.717) is 18.5 Å². The van der Waals surface area contributed by atoms with Gasteiger partial charge in [0.25, 0.3) is 0 Å². The van der Waals surface area contributed by atoms with Gasteiger partial charge in [0.1, 0.15) is 11.9 Å². The zero-order valence-corrected chi connectivity index (χ0v) is 17.0. The topological polar surface area (TPSA) is 49.4 Å².